The Balaban J connectivity index is 2.17. The number of carbonyl (C=O) groups excluding carboxylic acids is 13. The van der Waals surface area contributed by atoms with Crippen molar-refractivity contribution in [2.24, 2.45) is 29.2 Å². The van der Waals surface area contributed by atoms with Gasteiger partial charge in [0.1, 0.15) is 54.4 Å². The molecule has 3 heterocycles. The summed E-state index contributed by atoms with van der Waals surface area (Å²) >= 11 is 0. The highest BCUT2D eigenvalue weighted by Crippen LogP contribution is 2.24. The lowest BCUT2D eigenvalue weighted by Gasteiger charge is -2.39. The third-order valence-corrected chi connectivity index (χ3v) is 15.9. The summed E-state index contributed by atoms with van der Waals surface area (Å²) in [4.78, 5) is 219. The number of hydrogen-bond donors (Lipinski definition) is 15. The predicted octanol–water partition coefficient (Wildman–Crippen LogP) is -4.01. The van der Waals surface area contributed by atoms with E-state index in [1.807, 2.05) is 10.6 Å². The molecule has 3 fully saturated rings. The quantitative estimate of drug-likeness (QED) is 0.0363. The standard InChI is InChI=1S/C58H92N14O19/c1-8-30(4)18-13-11-9-10-12-14-21-40(74)64-34(24-39(60)73)51(83)70-48-33(7)63-52(84)38-20-17-23-72(38)56(88)45(29(2)3)68-55(87)47(32(6)59)67-42(76)28-62-49(81)35(25-43(77)78)65-41(75)27-61-50(82)36(26-44(79)80)66-54(86)46(31(5)58(90)91)69-53(85)37-19-15-16-22-71(37)57(48)89/h12,14,29-38,45-48H,8-11,13,15-28,59H2,1-7H3,(H2,60,73)(H,61,82)(H,62,81)(H,63,84)(H,64,74)(H,65,75)(H,66,86)(H,67,76)(H,68,87)(H,69,85)(H,70,83)(H,77,78)(H,79,80)(H,90,91)/b14-12-/t30?,31-,32+,33+,34-,35-,36-,37+,38-,45-,46-,47+,48-/m0/s1. The summed E-state index contributed by atoms with van der Waals surface area (Å²) < 4.78 is 0. The van der Waals surface area contributed by atoms with Gasteiger partial charge < -0.3 is 89.8 Å². The van der Waals surface area contributed by atoms with Gasteiger partial charge in [0.25, 0.3) is 0 Å². The highest BCUT2D eigenvalue weighted by molar-refractivity contribution is 6.01. The minimum atomic E-state index is -2.13. The van der Waals surface area contributed by atoms with Gasteiger partial charge in [-0.1, -0.05) is 65.5 Å². The van der Waals surface area contributed by atoms with Crippen molar-refractivity contribution in [2.45, 2.75) is 211 Å². The molecule has 0 radical (unpaired) electrons. The Bertz CT molecular complexity index is 2710. The molecule has 13 atom stereocenters. The van der Waals surface area contributed by atoms with Gasteiger partial charge >= 0.3 is 17.9 Å². The maximum absolute atomic E-state index is 15.2. The fourth-order valence-electron chi connectivity index (χ4n) is 10.4. The first-order valence-electron chi connectivity index (χ1n) is 30.7. The van der Waals surface area contributed by atoms with Gasteiger partial charge in [0.15, 0.2) is 0 Å². The molecule has 3 aliphatic rings. The van der Waals surface area contributed by atoms with Gasteiger partial charge in [-0.15, -0.1) is 0 Å². The van der Waals surface area contributed by atoms with Gasteiger partial charge in [0.2, 0.25) is 76.8 Å². The summed E-state index contributed by atoms with van der Waals surface area (Å²) in [7, 11) is 0. The van der Waals surface area contributed by atoms with Crippen molar-refractivity contribution in [3.05, 3.63) is 12.2 Å². The summed E-state index contributed by atoms with van der Waals surface area (Å²) in [6.07, 6.45) is 6.44. The number of carboxylic acids is 3. The van der Waals surface area contributed by atoms with E-state index >= 15 is 4.79 Å². The van der Waals surface area contributed by atoms with Crippen LogP contribution in [0.25, 0.3) is 0 Å². The van der Waals surface area contributed by atoms with E-state index in [1.165, 1.54) is 18.7 Å². The second kappa shape index (κ2) is 37.4. The molecule has 13 amide bonds. The largest absolute Gasteiger partial charge is 0.481 e. The zero-order valence-corrected chi connectivity index (χ0v) is 52.6. The molecule has 0 aliphatic carbocycles. The minimum absolute atomic E-state index is 0.0286. The van der Waals surface area contributed by atoms with Crippen molar-refractivity contribution in [1.82, 2.24) is 63.0 Å². The van der Waals surface area contributed by atoms with E-state index in [1.54, 1.807) is 26.0 Å². The Labute approximate surface area is 526 Å². The number of nitrogens with one attached hydrogen (secondary N) is 10. The number of unbranched alkanes of at least 4 members (excludes halogenated alkanes) is 3. The number of amides is 13. The number of carbonyl (C=O) groups is 16. The van der Waals surface area contributed by atoms with Gasteiger partial charge in [0, 0.05) is 25.6 Å². The number of carboxylic acid groups (broad SMARTS) is 3. The van der Waals surface area contributed by atoms with Gasteiger partial charge in [-0.25, -0.2) is 0 Å². The number of nitrogens with zero attached hydrogens (tertiary/aromatic N) is 2. The first kappa shape index (κ1) is 76.5. The number of hydrogen-bond acceptors (Lipinski definition) is 17. The molecule has 0 aromatic carbocycles. The fraction of sp³-hybridized carbons (Fsp3) is 0.690. The average Bonchev–Trinajstić information content (AvgIpc) is 1.82. The summed E-state index contributed by atoms with van der Waals surface area (Å²) in [5.41, 5.74) is 11.7. The highest BCUT2D eigenvalue weighted by Gasteiger charge is 2.45. The van der Waals surface area contributed by atoms with Gasteiger partial charge in [-0.05, 0) is 77.6 Å². The smallest absolute Gasteiger partial charge is 0.308 e. The number of piperidine rings is 1. The van der Waals surface area contributed by atoms with E-state index in [-0.39, 0.29) is 51.6 Å². The second-order valence-corrected chi connectivity index (χ2v) is 23.7. The second-order valence-electron chi connectivity index (χ2n) is 23.7. The van der Waals surface area contributed by atoms with Crippen molar-refractivity contribution in [1.29, 1.82) is 0 Å². The molecule has 33 heteroatoms. The Morgan fingerprint density at radius 3 is 1.73 bits per heavy atom. The fourth-order valence-corrected chi connectivity index (χ4v) is 10.4. The van der Waals surface area contributed by atoms with Crippen molar-refractivity contribution < 1.29 is 92.0 Å². The van der Waals surface area contributed by atoms with Crippen molar-refractivity contribution >= 4 is 94.7 Å². The molecule has 3 aliphatic heterocycles. The van der Waals surface area contributed by atoms with Crippen LogP contribution in [0.5, 0.6) is 0 Å². The van der Waals surface area contributed by atoms with Crippen LogP contribution in [0.3, 0.4) is 0 Å². The van der Waals surface area contributed by atoms with Crippen LogP contribution in [-0.4, -0.2) is 212 Å². The SMILES string of the molecule is CCC(C)CCCCC/C=C\CC(=O)N[C@@H](CC(N)=O)C(=O)N[C@@H]1C(=O)N2CCCC[C@@H]2C(=O)N[C@@H]([C@H](C)C(=O)O)C(=O)N[C@@H](CC(=O)O)C(=O)NCC(=O)N[C@@H](CC(=O)O)C(=O)NCC(=O)N[C@H]([C@@H](C)N)C(=O)N[C@@H](C(C)C)C(=O)N2CCC[C@H]2C(=O)N[C@@H]1C. The normalized spacial score (nSPS) is 25.6. The highest BCUT2D eigenvalue weighted by atomic mass is 16.4. The van der Waals surface area contributed by atoms with E-state index in [9.17, 15) is 87.2 Å². The number of rotatable bonds is 22. The molecular formula is C58H92N14O19. The lowest BCUT2D eigenvalue weighted by atomic mass is 9.96. The minimum Gasteiger partial charge on any atom is -0.481 e. The molecule has 0 aromatic rings. The number of nitrogens with two attached hydrogens (primary N) is 2. The maximum atomic E-state index is 15.2. The molecule has 0 saturated carbocycles. The van der Waals surface area contributed by atoms with Crippen LogP contribution in [0.2, 0.25) is 0 Å². The molecule has 0 aromatic heterocycles. The van der Waals surface area contributed by atoms with Crippen molar-refractivity contribution in [2.75, 3.05) is 26.2 Å². The Morgan fingerprint density at radius 1 is 0.626 bits per heavy atom. The van der Waals surface area contributed by atoms with Crippen LogP contribution in [-0.2, 0) is 76.7 Å². The first-order valence-corrected chi connectivity index (χ1v) is 30.7. The van der Waals surface area contributed by atoms with E-state index in [0.29, 0.717) is 12.3 Å². The summed E-state index contributed by atoms with van der Waals surface area (Å²) in [5.74, 6) is -21.1. The third kappa shape index (κ3) is 24.8. The molecule has 91 heavy (non-hydrogen) atoms. The zero-order chi connectivity index (χ0) is 68.4. The Hall–Kier alpha value is -8.78. The summed E-state index contributed by atoms with van der Waals surface area (Å²) in [6, 6.07) is -18.3. The molecular weight excluding hydrogens is 1200 g/mol. The van der Waals surface area contributed by atoms with Gasteiger partial charge in [-0.3, -0.25) is 76.7 Å². The lowest BCUT2D eigenvalue weighted by molar-refractivity contribution is -0.149. The van der Waals surface area contributed by atoms with Gasteiger partial charge in [0.05, 0.1) is 44.3 Å². The van der Waals surface area contributed by atoms with Crippen LogP contribution in [0.4, 0.5) is 0 Å². The topological polar surface area (TPSA) is 513 Å². The zero-order valence-electron chi connectivity index (χ0n) is 52.6. The van der Waals surface area contributed by atoms with Crippen LogP contribution in [0, 0.1) is 17.8 Å². The maximum Gasteiger partial charge on any atom is 0.308 e. The van der Waals surface area contributed by atoms with E-state index in [4.69, 9.17) is 11.5 Å². The van der Waals surface area contributed by atoms with Crippen LogP contribution in [0.1, 0.15) is 145 Å². The van der Waals surface area contributed by atoms with Crippen LogP contribution in [0.15, 0.2) is 12.2 Å². The van der Waals surface area contributed by atoms with Crippen molar-refractivity contribution in [3.63, 3.8) is 0 Å². The molecule has 3 saturated heterocycles. The summed E-state index contributed by atoms with van der Waals surface area (Å²) in [6.45, 7) is 8.77. The molecule has 508 valence electrons. The molecule has 0 bridgehead atoms. The number of allylic oxidation sites excluding steroid dienone is 1. The van der Waals surface area contributed by atoms with E-state index in [2.05, 4.69) is 56.4 Å². The molecule has 3 rings (SSSR count). The number of fused-ring (bicyclic) bond motifs is 2. The Morgan fingerprint density at radius 2 is 1.16 bits per heavy atom. The summed E-state index contributed by atoms with van der Waals surface area (Å²) in [5, 5.41) is 52.5. The average molecular weight is 1290 g/mol. The van der Waals surface area contributed by atoms with E-state index in [0.717, 1.165) is 43.9 Å². The predicted molar refractivity (Wildman–Crippen MR) is 321 cm³/mol. The first-order chi connectivity index (χ1) is 42.8. The van der Waals surface area contributed by atoms with Crippen LogP contribution >= 0.6 is 0 Å². The number of aliphatic carboxylic acids is 3. The molecule has 33 nitrogen and oxygen atoms in total. The monoisotopic (exact) mass is 1290 g/mol. The third-order valence-electron chi connectivity index (χ3n) is 15.9. The molecule has 0 spiro atoms. The Kier molecular flexibility index (Phi) is 31.4. The van der Waals surface area contributed by atoms with Gasteiger partial charge in [-0.2, -0.15) is 0 Å². The van der Waals surface area contributed by atoms with E-state index < -0.39 is 205 Å². The van der Waals surface area contributed by atoms with Crippen LogP contribution < -0.4 is 64.6 Å². The molecule has 17 N–H and O–H groups in total. The molecule has 1 unspecified atom stereocenters. The van der Waals surface area contributed by atoms with Crippen molar-refractivity contribution in [3.8, 4) is 0 Å². The lowest BCUT2D eigenvalue weighted by Crippen LogP contribution is -2.66. The number of primary amides is 1.